The molecule has 0 aliphatic heterocycles. The van der Waals surface area contributed by atoms with Gasteiger partial charge >= 0.3 is 11.9 Å². The fourth-order valence-electron chi connectivity index (χ4n) is 0.591. The maximum atomic E-state index is 10.7. The molecule has 0 radical (unpaired) electrons. The van der Waals surface area contributed by atoms with Crippen LogP contribution in [-0.2, 0) is 14.3 Å². The second-order valence-electron chi connectivity index (χ2n) is 2.30. The number of carbonyl (C=O) groups is 2. The number of carboxylic acid groups (broad SMARTS) is 1. The Balaban J connectivity index is 3.52. The second kappa shape index (κ2) is 5.88. The number of thioether (sulfide) groups is 1. The van der Waals surface area contributed by atoms with Crippen molar-refractivity contribution >= 4 is 23.7 Å². The summed E-state index contributed by atoms with van der Waals surface area (Å²) in [6.07, 6.45) is 0.258. The molecular formula is C7H12O4S. The monoisotopic (exact) mass is 192 g/mol. The van der Waals surface area contributed by atoms with Crippen molar-refractivity contribution in [3.05, 3.63) is 0 Å². The van der Waals surface area contributed by atoms with Crippen LogP contribution < -0.4 is 0 Å². The van der Waals surface area contributed by atoms with Crippen LogP contribution in [-0.4, -0.2) is 35.2 Å². The molecule has 0 bridgehead atoms. The van der Waals surface area contributed by atoms with Gasteiger partial charge in [-0.3, -0.25) is 9.59 Å². The third kappa shape index (κ3) is 6.03. The van der Waals surface area contributed by atoms with E-state index in [0.717, 1.165) is 0 Å². The fraction of sp³-hybridized carbons (Fsp3) is 0.714. The third-order valence-corrected chi connectivity index (χ3v) is 2.32. The van der Waals surface area contributed by atoms with Gasteiger partial charge in [0.05, 0.1) is 19.3 Å². The minimum Gasteiger partial charge on any atom is -0.481 e. The molecular weight excluding hydrogens is 180 g/mol. The van der Waals surface area contributed by atoms with Crippen molar-refractivity contribution in [2.45, 2.75) is 18.6 Å². The highest BCUT2D eigenvalue weighted by molar-refractivity contribution is 8.00. The Morgan fingerprint density at radius 3 is 2.58 bits per heavy atom. The summed E-state index contributed by atoms with van der Waals surface area (Å²) in [5.74, 6) is -1.14. The van der Waals surface area contributed by atoms with Gasteiger partial charge in [-0.25, -0.2) is 0 Å². The van der Waals surface area contributed by atoms with Crippen LogP contribution in [0.25, 0.3) is 0 Å². The van der Waals surface area contributed by atoms with Gasteiger partial charge in [0, 0.05) is 5.25 Å². The van der Waals surface area contributed by atoms with E-state index in [-0.39, 0.29) is 23.4 Å². The lowest BCUT2D eigenvalue weighted by Gasteiger charge is -2.06. The number of aliphatic carboxylic acids is 1. The van der Waals surface area contributed by atoms with Crippen LogP contribution in [0.3, 0.4) is 0 Å². The molecule has 0 saturated carbocycles. The van der Waals surface area contributed by atoms with E-state index < -0.39 is 5.97 Å². The normalized spacial score (nSPS) is 12.2. The zero-order valence-electron chi connectivity index (χ0n) is 7.07. The van der Waals surface area contributed by atoms with Crippen molar-refractivity contribution in [1.82, 2.24) is 0 Å². The Labute approximate surface area is 75.3 Å². The number of carbonyl (C=O) groups excluding carboxylic acids is 1. The highest BCUT2D eigenvalue weighted by Gasteiger charge is 2.10. The van der Waals surface area contributed by atoms with Gasteiger partial charge in [0.1, 0.15) is 0 Å². The highest BCUT2D eigenvalue weighted by atomic mass is 32.2. The number of hydrogen-bond acceptors (Lipinski definition) is 4. The first-order valence-electron chi connectivity index (χ1n) is 3.46. The van der Waals surface area contributed by atoms with Gasteiger partial charge in [-0.15, -0.1) is 11.8 Å². The molecule has 0 saturated heterocycles. The van der Waals surface area contributed by atoms with Crippen LogP contribution in [0.1, 0.15) is 13.3 Å². The van der Waals surface area contributed by atoms with Crippen LogP contribution in [0.2, 0.25) is 0 Å². The first kappa shape index (κ1) is 11.3. The van der Waals surface area contributed by atoms with Gasteiger partial charge in [-0.2, -0.15) is 0 Å². The Morgan fingerprint density at radius 1 is 1.58 bits per heavy atom. The zero-order valence-corrected chi connectivity index (χ0v) is 7.89. The maximum Gasteiger partial charge on any atom is 0.313 e. The Hall–Kier alpha value is -0.710. The molecule has 1 atom stereocenters. The Bertz CT molecular complexity index is 169. The minimum atomic E-state index is -0.864. The number of carboxylic acids is 1. The zero-order chi connectivity index (χ0) is 9.56. The molecule has 12 heavy (non-hydrogen) atoms. The molecule has 1 unspecified atom stereocenters. The quantitative estimate of drug-likeness (QED) is 0.651. The van der Waals surface area contributed by atoms with E-state index in [1.807, 2.05) is 0 Å². The van der Waals surface area contributed by atoms with Gasteiger partial charge in [0.2, 0.25) is 0 Å². The summed E-state index contributed by atoms with van der Waals surface area (Å²) < 4.78 is 4.43. The molecule has 4 nitrogen and oxygen atoms in total. The lowest BCUT2D eigenvalue weighted by atomic mass is 10.3. The lowest BCUT2D eigenvalue weighted by molar-refractivity contribution is -0.140. The van der Waals surface area contributed by atoms with E-state index in [1.54, 1.807) is 6.92 Å². The molecule has 0 aliphatic rings. The van der Waals surface area contributed by atoms with E-state index in [4.69, 9.17) is 5.11 Å². The van der Waals surface area contributed by atoms with Gasteiger partial charge in [-0.1, -0.05) is 6.92 Å². The van der Waals surface area contributed by atoms with Crippen molar-refractivity contribution in [3.63, 3.8) is 0 Å². The molecule has 0 amide bonds. The Morgan fingerprint density at radius 2 is 2.17 bits per heavy atom. The molecule has 0 spiro atoms. The molecule has 0 aromatic heterocycles. The van der Waals surface area contributed by atoms with E-state index in [0.29, 0.717) is 0 Å². The molecule has 0 heterocycles. The summed E-state index contributed by atoms with van der Waals surface area (Å²) in [6.45, 7) is 1.80. The van der Waals surface area contributed by atoms with E-state index in [2.05, 4.69) is 4.74 Å². The predicted octanol–water partition coefficient (Wildman–Crippen LogP) is 0.756. The second-order valence-corrected chi connectivity index (χ2v) is 3.72. The van der Waals surface area contributed by atoms with Crippen molar-refractivity contribution in [1.29, 1.82) is 0 Å². The standard InChI is InChI=1S/C7H12O4S/c1-5(3-7(10)11-2)12-4-6(8)9/h5H,3-4H2,1-2H3,(H,8,9). The highest BCUT2D eigenvalue weighted by Crippen LogP contribution is 2.13. The van der Waals surface area contributed by atoms with E-state index in [9.17, 15) is 9.59 Å². The van der Waals surface area contributed by atoms with Gasteiger partial charge in [0.25, 0.3) is 0 Å². The fourth-order valence-corrected chi connectivity index (χ4v) is 1.27. The van der Waals surface area contributed by atoms with Crippen LogP contribution in [0.15, 0.2) is 0 Å². The number of esters is 1. The molecule has 0 aromatic carbocycles. The van der Waals surface area contributed by atoms with Gasteiger partial charge < -0.3 is 9.84 Å². The lowest BCUT2D eigenvalue weighted by Crippen LogP contribution is -2.11. The maximum absolute atomic E-state index is 10.7. The SMILES string of the molecule is COC(=O)CC(C)SCC(=O)O. The largest absolute Gasteiger partial charge is 0.481 e. The summed E-state index contributed by atoms with van der Waals surface area (Å²) >= 11 is 1.23. The smallest absolute Gasteiger partial charge is 0.313 e. The van der Waals surface area contributed by atoms with Crippen LogP contribution >= 0.6 is 11.8 Å². The number of rotatable bonds is 5. The van der Waals surface area contributed by atoms with E-state index in [1.165, 1.54) is 18.9 Å². The average molecular weight is 192 g/mol. The molecule has 0 rings (SSSR count). The van der Waals surface area contributed by atoms with Crippen LogP contribution in [0.4, 0.5) is 0 Å². The summed E-state index contributed by atoms with van der Waals surface area (Å²) in [5.41, 5.74) is 0. The average Bonchev–Trinajstić information content (AvgIpc) is 2.00. The van der Waals surface area contributed by atoms with Crippen molar-refractivity contribution < 1.29 is 19.4 Å². The first-order valence-corrected chi connectivity index (χ1v) is 4.51. The molecule has 0 fully saturated rings. The summed E-state index contributed by atoms with van der Waals surface area (Å²) in [6, 6.07) is 0. The topological polar surface area (TPSA) is 63.6 Å². The summed E-state index contributed by atoms with van der Waals surface area (Å²) in [7, 11) is 1.32. The first-order chi connectivity index (χ1) is 5.56. The summed E-state index contributed by atoms with van der Waals surface area (Å²) in [5, 5.41) is 8.31. The molecule has 5 heteroatoms. The predicted molar refractivity (Wildman–Crippen MR) is 46.2 cm³/mol. The van der Waals surface area contributed by atoms with Crippen LogP contribution in [0.5, 0.6) is 0 Å². The summed E-state index contributed by atoms with van der Waals surface area (Å²) in [4.78, 5) is 20.8. The number of hydrogen-bond donors (Lipinski definition) is 1. The van der Waals surface area contributed by atoms with Crippen molar-refractivity contribution in [2.75, 3.05) is 12.9 Å². The Kier molecular flexibility index (Phi) is 5.53. The van der Waals surface area contributed by atoms with Gasteiger partial charge in [0.15, 0.2) is 0 Å². The van der Waals surface area contributed by atoms with Crippen LogP contribution in [0, 0.1) is 0 Å². The molecule has 1 N–H and O–H groups in total. The number of methoxy groups -OCH3 is 1. The molecule has 70 valence electrons. The molecule has 0 aliphatic carbocycles. The van der Waals surface area contributed by atoms with Crippen molar-refractivity contribution in [3.8, 4) is 0 Å². The molecule has 0 aromatic rings. The minimum absolute atomic E-state index is 0.00597. The van der Waals surface area contributed by atoms with E-state index >= 15 is 0 Å². The third-order valence-electron chi connectivity index (χ3n) is 1.17. The number of ether oxygens (including phenoxy) is 1. The van der Waals surface area contributed by atoms with Crippen molar-refractivity contribution in [2.24, 2.45) is 0 Å². The van der Waals surface area contributed by atoms with Gasteiger partial charge in [-0.05, 0) is 0 Å².